The summed E-state index contributed by atoms with van der Waals surface area (Å²) < 4.78 is 5.19. The third-order valence-corrected chi connectivity index (χ3v) is 3.77. The normalized spacial score (nSPS) is 27.0. The highest BCUT2D eigenvalue weighted by Gasteiger charge is 2.38. The first-order chi connectivity index (χ1) is 7.35. The van der Waals surface area contributed by atoms with Crippen molar-refractivity contribution >= 4 is 0 Å². The zero-order chi connectivity index (χ0) is 10.6. The summed E-state index contributed by atoms with van der Waals surface area (Å²) in [4.78, 5) is 0. The zero-order valence-electron chi connectivity index (χ0n) is 9.50. The summed E-state index contributed by atoms with van der Waals surface area (Å²) >= 11 is 0. The molecule has 0 radical (unpaired) electrons. The van der Waals surface area contributed by atoms with Crippen molar-refractivity contribution in [3.8, 4) is 0 Å². The standard InChI is InChI=1S/C12H23NO2/c14-8-12(9-15-10-12)7-13-11-5-3-1-2-4-6-11/h11,13-14H,1-10H2. The summed E-state index contributed by atoms with van der Waals surface area (Å²) in [5.41, 5.74) is 0.0340. The third-order valence-electron chi connectivity index (χ3n) is 3.77. The van der Waals surface area contributed by atoms with Gasteiger partial charge in [0.15, 0.2) is 0 Å². The highest BCUT2D eigenvalue weighted by Crippen LogP contribution is 2.26. The van der Waals surface area contributed by atoms with Crippen molar-refractivity contribution in [2.24, 2.45) is 5.41 Å². The van der Waals surface area contributed by atoms with Crippen LogP contribution in [0.15, 0.2) is 0 Å². The van der Waals surface area contributed by atoms with Crippen LogP contribution in [0.4, 0.5) is 0 Å². The van der Waals surface area contributed by atoms with Crippen LogP contribution in [0.2, 0.25) is 0 Å². The van der Waals surface area contributed by atoms with Crippen molar-refractivity contribution in [1.29, 1.82) is 0 Å². The van der Waals surface area contributed by atoms with Crippen molar-refractivity contribution in [3.63, 3.8) is 0 Å². The van der Waals surface area contributed by atoms with Crippen LogP contribution < -0.4 is 5.32 Å². The molecule has 88 valence electrons. The summed E-state index contributed by atoms with van der Waals surface area (Å²) in [6.45, 7) is 2.63. The SMILES string of the molecule is OCC1(CNC2CCCCCC2)COC1. The van der Waals surface area contributed by atoms with Crippen molar-refractivity contribution in [2.75, 3.05) is 26.4 Å². The Hall–Kier alpha value is -0.120. The highest BCUT2D eigenvalue weighted by atomic mass is 16.5. The van der Waals surface area contributed by atoms with Gasteiger partial charge in [-0.3, -0.25) is 0 Å². The molecule has 2 N–H and O–H groups in total. The molecule has 0 unspecified atom stereocenters. The van der Waals surface area contributed by atoms with Gasteiger partial charge in [-0.15, -0.1) is 0 Å². The number of rotatable bonds is 4. The molecule has 0 amide bonds. The Kier molecular flexibility index (Phi) is 4.00. The molecule has 1 saturated carbocycles. The second-order valence-electron chi connectivity index (χ2n) is 5.22. The lowest BCUT2D eigenvalue weighted by atomic mass is 9.86. The van der Waals surface area contributed by atoms with E-state index in [4.69, 9.17) is 4.74 Å². The summed E-state index contributed by atoms with van der Waals surface area (Å²) in [6, 6.07) is 0.677. The number of hydrogen-bond acceptors (Lipinski definition) is 3. The molecule has 0 spiro atoms. The molecule has 0 bridgehead atoms. The van der Waals surface area contributed by atoms with E-state index in [1.54, 1.807) is 0 Å². The van der Waals surface area contributed by atoms with Gasteiger partial charge in [0.2, 0.25) is 0 Å². The Bertz CT molecular complexity index is 179. The molecular formula is C12H23NO2. The lowest BCUT2D eigenvalue weighted by molar-refractivity contribution is -0.135. The lowest BCUT2D eigenvalue weighted by Crippen LogP contribution is -2.53. The van der Waals surface area contributed by atoms with Gasteiger partial charge < -0.3 is 15.2 Å². The Morgan fingerprint density at radius 1 is 1.13 bits per heavy atom. The van der Waals surface area contributed by atoms with Crippen LogP contribution in [0.3, 0.4) is 0 Å². The van der Waals surface area contributed by atoms with E-state index in [-0.39, 0.29) is 12.0 Å². The van der Waals surface area contributed by atoms with Crippen molar-refractivity contribution in [1.82, 2.24) is 5.32 Å². The summed E-state index contributed by atoms with van der Waals surface area (Å²) in [6.07, 6.45) is 8.13. The van der Waals surface area contributed by atoms with Gasteiger partial charge in [-0.25, -0.2) is 0 Å². The number of aliphatic hydroxyl groups is 1. The number of nitrogens with one attached hydrogen (secondary N) is 1. The van der Waals surface area contributed by atoms with Crippen LogP contribution in [0, 0.1) is 5.41 Å². The predicted octanol–water partition coefficient (Wildman–Crippen LogP) is 1.31. The van der Waals surface area contributed by atoms with Gasteiger partial charge in [-0.1, -0.05) is 25.7 Å². The predicted molar refractivity (Wildman–Crippen MR) is 59.8 cm³/mol. The van der Waals surface area contributed by atoms with Gasteiger partial charge in [0, 0.05) is 12.6 Å². The summed E-state index contributed by atoms with van der Waals surface area (Å²) in [7, 11) is 0. The number of hydrogen-bond donors (Lipinski definition) is 2. The fraction of sp³-hybridized carbons (Fsp3) is 1.00. The Morgan fingerprint density at radius 2 is 1.80 bits per heavy atom. The molecule has 1 heterocycles. The molecule has 3 heteroatoms. The fourth-order valence-corrected chi connectivity index (χ4v) is 2.48. The maximum Gasteiger partial charge on any atom is 0.0579 e. The van der Waals surface area contributed by atoms with Gasteiger partial charge in [0.25, 0.3) is 0 Å². The van der Waals surface area contributed by atoms with Crippen LogP contribution in [-0.2, 0) is 4.74 Å². The molecule has 15 heavy (non-hydrogen) atoms. The van der Waals surface area contributed by atoms with Gasteiger partial charge in [-0.05, 0) is 12.8 Å². The summed E-state index contributed by atoms with van der Waals surface area (Å²) in [5.74, 6) is 0. The van der Waals surface area contributed by atoms with E-state index < -0.39 is 0 Å². The second-order valence-corrected chi connectivity index (χ2v) is 5.22. The molecular weight excluding hydrogens is 190 g/mol. The first-order valence-corrected chi connectivity index (χ1v) is 6.27. The van der Waals surface area contributed by atoms with Crippen LogP contribution in [0.1, 0.15) is 38.5 Å². The molecule has 0 atom stereocenters. The lowest BCUT2D eigenvalue weighted by Gasteiger charge is -2.41. The number of ether oxygens (including phenoxy) is 1. The molecule has 0 aromatic carbocycles. The maximum absolute atomic E-state index is 9.30. The second kappa shape index (κ2) is 5.28. The van der Waals surface area contributed by atoms with E-state index in [0.29, 0.717) is 6.04 Å². The van der Waals surface area contributed by atoms with Crippen LogP contribution >= 0.6 is 0 Å². The van der Waals surface area contributed by atoms with Crippen molar-refractivity contribution < 1.29 is 9.84 Å². The largest absolute Gasteiger partial charge is 0.396 e. The molecule has 2 fully saturated rings. The quantitative estimate of drug-likeness (QED) is 0.692. The van der Waals surface area contributed by atoms with E-state index in [9.17, 15) is 5.11 Å². The monoisotopic (exact) mass is 213 g/mol. The molecule has 1 aliphatic carbocycles. The van der Waals surface area contributed by atoms with Gasteiger partial charge in [0.05, 0.1) is 25.2 Å². The van der Waals surface area contributed by atoms with Gasteiger partial charge >= 0.3 is 0 Å². The fourth-order valence-electron chi connectivity index (χ4n) is 2.48. The summed E-state index contributed by atoms with van der Waals surface area (Å²) in [5, 5.41) is 12.9. The third kappa shape index (κ3) is 2.92. The topological polar surface area (TPSA) is 41.5 Å². The molecule has 3 nitrogen and oxygen atoms in total. The van der Waals surface area contributed by atoms with Crippen LogP contribution in [0.5, 0.6) is 0 Å². The number of aliphatic hydroxyl groups excluding tert-OH is 1. The Labute approximate surface area is 92.2 Å². The molecule has 2 aliphatic rings. The minimum absolute atomic E-state index is 0.0340. The van der Waals surface area contributed by atoms with E-state index in [0.717, 1.165) is 19.8 Å². The van der Waals surface area contributed by atoms with Crippen LogP contribution in [-0.4, -0.2) is 37.5 Å². The Balaban J connectivity index is 1.71. The van der Waals surface area contributed by atoms with E-state index >= 15 is 0 Å². The zero-order valence-corrected chi connectivity index (χ0v) is 9.50. The van der Waals surface area contributed by atoms with Gasteiger partial charge in [-0.2, -0.15) is 0 Å². The first kappa shape index (κ1) is 11.4. The highest BCUT2D eigenvalue weighted by molar-refractivity contribution is 4.88. The smallest absolute Gasteiger partial charge is 0.0579 e. The minimum atomic E-state index is 0.0340. The maximum atomic E-state index is 9.30. The average molecular weight is 213 g/mol. The molecule has 2 rings (SSSR count). The Morgan fingerprint density at radius 3 is 2.27 bits per heavy atom. The average Bonchev–Trinajstić information content (AvgIpc) is 2.45. The molecule has 1 aliphatic heterocycles. The molecule has 0 aromatic heterocycles. The molecule has 0 aromatic rings. The van der Waals surface area contributed by atoms with Crippen molar-refractivity contribution in [2.45, 2.75) is 44.6 Å². The van der Waals surface area contributed by atoms with E-state index in [1.165, 1.54) is 38.5 Å². The first-order valence-electron chi connectivity index (χ1n) is 6.27. The minimum Gasteiger partial charge on any atom is -0.396 e. The van der Waals surface area contributed by atoms with Gasteiger partial charge in [0.1, 0.15) is 0 Å². The van der Waals surface area contributed by atoms with E-state index in [1.807, 2.05) is 0 Å². The van der Waals surface area contributed by atoms with Crippen molar-refractivity contribution in [3.05, 3.63) is 0 Å². The van der Waals surface area contributed by atoms with E-state index in [2.05, 4.69) is 5.32 Å². The van der Waals surface area contributed by atoms with Crippen LogP contribution in [0.25, 0.3) is 0 Å². The molecule has 1 saturated heterocycles.